The van der Waals surface area contributed by atoms with Crippen LogP contribution in [0.4, 0.5) is 11.4 Å². The number of hydrogen-bond donors (Lipinski definition) is 2. The van der Waals surface area contributed by atoms with Crippen LogP contribution in [-0.2, 0) is 6.42 Å². The van der Waals surface area contributed by atoms with Gasteiger partial charge in [-0.15, -0.1) is 4.70 Å². The minimum absolute atomic E-state index is 0.220. The van der Waals surface area contributed by atoms with Gasteiger partial charge in [-0.2, -0.15) is 11.7 Å². The Morgan fingerprint density at radius 1 is 1.00 bits per heavy atom. The van der Waals surface area contributed by atoms with Gasteiger partial charge in [0.1, 0.15) is 0 Å². The van der Waals surface area contributed by atoms with Crippen LogP contribution in [0.3, 0.4) is 0 Å². The molecule has 1 fully saturated rings. The summed E-state index contributed by atoms with van der Waals surface area (Å²) in [5.41, 5.74) is 7.40. The predicted octanol–water partition coefficient (Wildman–Crippen LogP) is 2.61. The first-order valence-corrected chi connectivity index (χ1v) is 15.2. The molecule has 1 saturated heterocycles. The first-order chi connectivity index (χ1) is 16.4. The molecular weight excluding hydrogens is 531 g/mol. The summed E-state index contributed by atoms with van der Waals surface area (Å²) in [6, 6.07) is 17.3. The SMILES string of the molecule is CC1=C[C@H]2[I-]CN(C3=CCC(CCc4ccc([N+](N)(N)c5ccc(C)cc5)cc4)CC3)[C@@H]2C=C1. The van der Waals surface area contributed by atoms with Crippen molar-refractivity contribution in [2.75, 3.05) is 4.55 Å². The Kier molecular flexibility index (Phi) is 6.98. The molecular formula is C29H37IN4. The van der Waals surface area contributed by atoms with Gasteiger partial charge in [0.05, 0.1) is 0 Å². The molecule has 0 bridgehead atoms. The standard InChI is InChI=1S/C29H37IN4/c1-21-3-14-26(15-4-21)34(31,32)27-16-10-24(11-17-27)7-6-23-8-12-25(13-9-23)33-20-30-28-19-22(2)5-18-29(28)33/h3-5,10-12,14-19,23,28-29H,6-9,13,20,31-32H2,1-2H3/t23?,28-,29-/m1/s1. The molecule has 2 aromatic rings. The molecule has 0 saturated carbocycles. The van der Waals surface area contributed by atoms with Crippen LogP contribution in [0.5, 0.6) is 0 Å². The van der Waals surface area contributed by atoms with Crippen molar-refractivity contribution < 1.29 is 21.2 Å². The van der Waals surface area contributed by atoms with Gasteiger partial charge in [0.15, 0.2) is 5.69 Å². The van der Waals surface area contributed by atoms with Crippen molar-refractivity contribution in [2.24, 2.45) is 17.6 Å². The van der Waals surface area contributed by atoms with Crippen molar-refractivity contribution in [3.05, 3.63) is 95.2 Å². The summed E-state index contributed by atoms with van der Waals surface area (Å²) in [5, 5.41) is 0. The summed E-state index contributed by atoms with van der Waals surface area (Å²) in [5.74, 6) is 13.7. The summed E-state index contributed by atoms with van der Waals surface area (Å²) >= 11 is 0.247. The third kappa shape index (κ3) is 5.03. The summed E-state index contributed by atoms with van der Waals surface area (Å²) in [7, 11) is 0. The quantitative estimate of drug-likeness (QED) is 0.141. The van der Waals surface area contributed by atoms with Crippen LogP contribution in [0, 0.1) is 12.8 Å². The van der Waals surface area contributed by atoms with Crippen LogP contribution in [-0.4, -0.2) is 19.4 Å². The van der Waals surface area contributed by atoms with Gasteiger partial charge in [0.25, 0.3) is 0 Å². The normalized spacial score (nSPS) is 24.8. The fourth-order valence-electron chi connectivity index (χ4n) is 5.29. The molecule has 0 spiro atoms. The van der Waals surface area contributed by atoms with Crippen LogP contribution in [0.2, 0.25) is 0 Å². The molecule has 0 amide bonds. The van der Waals surface area contributed by atoms with Crippen molar-refractivity contribution in [3.63, 3.8) is 0 Å². The average molecular weight is 569 g/mol. The van der Waals surface area contributed by atoms with Crippen LogP contribution in [0.1, 0.15) is 43.7 Å². The van der Waals surface area contributed by atoms with Crippen LogP contribution >= 0.6 is 0 Å². The van der Waals surface area contributed by atoms with E-state index in [2.05, 4.69) is 67.3 Å². The van der Waals surface area contributed by atoms with Gasteiger partial charge in [-0.25, -0.2) is 0 Å². The third-order valence-corrected chi connectivity index (χ3v) is 10.8. The van der Waals surface area contributed by atoms with Crippen molar-refractivity contribution >= 4 is 11.4 Å². The number of fused-ring (bicyclic) bond motifs is 1. The number of benzene rings is 2. The third-order valence-electron chi connectivity index (χ3n) is 7.57. The van der Waals surface area contributed by atoms with Crippen LogP contribution in [0.15, 0.2) is 84.1 Å². The van der Waals surface area contributed by atoms with Gasteiger partial charge < -0.3 is 0 Å². The number of quaternary nitrogens is 1. The van der Waals surface area contributed by atoms with E-state index in [1.54, 1.807) is 5.70 Å². The van der Waals surface area contributed by atoms with E-state index < -0.39 is 0 Å². The molecule has 1 unspecified atom stereocenters. The second kappa shape index (κ2) is 9.97. The van der Waals surface area contributed by atoms with Gasteiger partial charge in [-0.3, -0.25) is 0 Å². The molecule has 1 aliphatic heterocycles. The van der Waals surface area contributed by atoms with E-state index in [-0.39, 0.29) is 25.9 Å². The molecule has 5 rings (SSSR count). The van der Waals surface area contributed by atoms with E-state index in [1.165, 1.54) is 46.9 Å². The predicted molar refractivity (Wildman–Crippen MR) is 138 cm³/mol. The van der Waals surface area contributed by atoms with Gasteiger partial charge in [0.2, 0.25) is 0 Å². The second-order valence-corrected chi connectivity index (χ2v) is 13.1. The van der Waals surface area contributed by atoms with E-state index >= 15 is 0 Å². The summed E-state index contributed by atoms with van der Waals surface area (Å²) in [6.45, 7) is 4.31. The summed E-state index contributed by atoms with van der Waals surface area (Å²) in [4.78, 5) is 2.73. The fourth-order valence-corrected chi connectivity index (χ4v) is 9.04. The number of halogens is 1. The Bertz CT molecular complexity index is 1100. The zero-order valence-electron chi connectivity index (χ0n) is 20.3. The van der Waals surface area contributed by atoms with Gasteiger partial charge in [-0.05, 0) is 6.92 Å². The van der Waals surface area contributed by atoms with Crippen molar-refractivity contribution in [1.82, 2.24) is 9.60 Å². The molecule has 1 heterocycles. The number of aryl methyl sites for hydroxylation is 2. The van der Waals surface area contributed by atoms with Gasteiger partial charge in [0, 0.05) is 12.1 Å². The monoisotopic (exact) mass is 568 g/mol. The number of rotatable bonds is 6. The maximum absolute atomic E-state index is 6.46. The van der Waals surface area contributed by atoms with Crippen LogP contribution in [0.25, 0.3) is 0 Å². The maximum atomic E-state index is 6.46. The minimum atomic E-state index is -0.220. The summed E-state index contributed by atoms with van der Waals surface area (Å²) < 4.78 is 1.91. The molecule has 0 radical (unpaired) electrons. The van der Waals surface area contributed by atoms with Crippen molar-refractivity contribution in [3.8, 4) is 0 Å². The Labute approximate surface area is 214 Å². The Balaban J connectivity index is 1.15. The molecule has 34 heavy (non-hydrogen) atoms. The molecule has 2 aliphatic carbocycles. The van der Waals surface area contributed by atoms with Crippen molar-refractivity contribution in [1.29, 1.82) is 0 Å². The van der Waals surface area contributed by atoms with E-state index in [4.69, 9.17) is 11.7 Å². The average Bonchev–Trinajstić information content (AvgIpc) is 3.26. The van der Waals surface area contributed by atoms with Gasteiger partial charge in [-0.1, -0.05) is 17.7 Å². The topological polar surface area (TPSA) is 55.3 Å². The Morgan fingerprint density at radius 3 is 2.38 bits per heavy atom. The fraction of sp³-hybridized carbons (Fsp3) is 0.379. The number of allylic oxidation sites excluding steroid dienone is 4. The molecule has 5 heteroatoms. The number of alkyl halides is 2. The summed E-state index contributed by atoms with van der Waals surface area (Å²) in [6.07, 6.45) is 16.0. The number of hydrogen-bond acceptors (Lipinski definition) is 3. The van der Waals surface area contributed by atoms with Crippen LogP contribution < -0.4 is 37.6 Å². The van der Waals surface area contributed by atoms with Gasteiger partial charge >= 0.3 is 157 Å². The molecule has 4 N–H and O–H groups in total. The molecule has 3 aliphatic rings. The zero-order valence-corrected chi connectivity index (χ0v) is 22.5. The second-order valence-electron chi connectivity index (χ2n) is 10.1. The first kappa shape index (κ1) is 23.8. The zero-order chi connectivity index (χ0) is 23.7. The molecule has 3 atom stereocenters. The number of nitrogens with two attached hydrogens (primary N) is 2. The molecule has 0 aromatic heterocycles. The van der Waals surface area contributed by atoms with E-state index in [0.29, 0.717) is 6.04 Å². The van der Waals surface area contributed by atoms with E-state index in [0.717, 1.165) is 27.6 Å². The molecule has 4 nitrogen and oxygen atoms in total. The van der Waals surface area contributed by atoms with E-state index in [1.807, 2.05) is 24.3 Å². The van der Waals surface area contributed by atoms with Crippen molar-refractivity contribution in [2.45, 2.75) is 55.9 Å². The molecule has 180 valence electrons. The van der Waals surface area contributed by atoms with E-state index in [9.17, 15) is 0 Å². The Morgan fingerprint density at radius 2 is 1.71 bits per heavy atom. The number of nitrogens with zero attached hydrogens (tertiary/aromatic N) is 2. The first-order valence-electron chi connectivity index (χ1n) is 12.4. The Hall–Kier alpha value is -1.93. The molecule has 2 aromatic carbocycles.